The number of aromatic carboxylic acids is 1. The van der Waals surface area contributed by atoms with Gasteiger partial charge in [0.25, 0.3) is 0 Å². The van der Waals surface area contributed by atoms with Crippen LogP contribution < -0.4 is 0 Å². The number of rotatable bonds is 3. The van der Waals surface area contributed by atoms with Crippen LogP contribution in [0.3, 0.4) is 0 Å². The fourth-order valence-electron chi connectivity index (χ4n) is 2.27. The molecule has 1 fully saturated rings. The fraction of sp³-hybridized carbons (Fsp3) is 0.636. The SMILES string of the molecule is Cc1nc(S(=O)(=O)C2CCCCC2)c(C(=O)O)s1. The molecule has 1 aromatic rings. The van der Waals surface area contributed by atoms with E-state index in [4.69, 9.17) is 5.11 Å². The Balaban J connectivity index is 2.43. The highest BCUT2D eigenvalue weighted by Gasteiger charge is 2.35. The zero-order valence-corrected chi connectivity index (χ0v) is 11.7. The van der Waals surface area contributed by atoms with Gasteiger partial charge >= 0.3 is 5.97 Å². The molecule has 0 aliphatic heterocycles. The number of aromatic nitrogens is 1. The van der Waals surface area contributed by atoms with E-state index in [1.54, 1.807) is 6.92 Å². The molecule has 1 aliphatic rings. The Hall–Kier alpha value is -0.950. The fourth-order valence-corrected chi connectivity index (χ4v) is 5.33. The lowest BCUT2D eigenvalue weighted by atomic mass is 10.0. The molecule has 0 atom stereocenters. The van der Waals surface area contributed by atoms with Gasteiger partial charge in [0.05, 0.1) is 10.3 Å². The maximum Gasteiger partial charge on any atom is 0.348 e. The zero-order valence-electron chi connectivity index (χ0n) is 10.0. The lowest BCUT2D eigenvalue weighted by Gasteiger charge is -2.20. The van der Waals surface area contributed by atoms with E-state index in [0.717, 1.165) is 30.6 Å². The van der Waals surface area contributed by atoms with E-state index in [9.17, 15) is 13.2 Å². The zero-order chi connectivity index (χ0) is 13.3. The van der Waals surface area contributed by atoms with Gasteiger partial charge in [-0.1, -0.05) is 19.3 Å². The molecule has 2 rings (SSSR count). The van der Waals surface area contributed by atoms with Gasteiger partial charge in [0.2, 0.25) is 0 Å². The highest BCUT2D eigenvalue weighted by Crippen LogP contribution is 2.31. The first kappa shape index (κ1) is 13.5. The molecule has 0 spiro atoms. The van der Waals surface area contributed by atoms with E-state index in [1.165, 1.54) is 0 Å². The van der Waals surface area contributed by atoms with Crippen LogP contribution in [0.15, 0.2) is 5.03 Å². The molecule has 0 radical (unpaired) electrons. The highest BCUT2D eigenvalue weighted by atomic mass is 32.2. The third-order valence-electron chi connectivity index (χ3n) is 3.16. The molecular weight excluding hydrogens is 274 g/mol. The summed E-state index contributed by atoms with van der Waals surface area (Å²) in [4.78, 5) is 14.8. The number of aryl methyl sites for hydroxylation is 1. The molecule has 18 heavy (non-hydrogen) atoms. The Morgan fingerprint density at radius 2 is 1.94 bits per heavy atom. The topological polar surface area (TPSA) is 84.3 Å². The van der Waals surface area contributed by atoms with E-state index < -0.39 is 21.1 Å². The first-order valence-electron chi connectivity index (χ1n) is 5.87. The minimum atomic E-state index is -3.60. The molecule has 1 N–H and O–H groups in total. The van der Waals surface area contributed by atoms with Gasteiger partial charge < -0.3 is 5.11 Å². The monoisotopic (exact) mass is 289 g/mol. The van der Waals surface area contributed by atoms with Crippen molar-refractivity contribution in [1.29, 1.82) is 0 Å². The molecule has 100 valence electrons. The Morgan fingerprint density at radius 1 is 1.33 bits per heavy atom. The number of sulfone groups is 1. The number of hydrogen-bond donors (Lipinski definition) is 1. The van der Waals surface area contributed by atoms with Crippen LogP contribution in [0.5, 0.6) is 0 Å². The van der Waals surface area contributed by atoms with Gasteiger partial charge in [-0.25, -0.2) is 18.2 Å². The lowest BCUT2D eigenvalue weighted by Crippen LogP contribution is -2.25. The van der Waals surface area contributed by atoms with Crippen LogP contribution in [0.25, 0.3) is 0 Å². The quantitative estimate of drug-likeness (QED) is 0.922. The molecule has 0 amide bonds. The minimum absolute atomic E-state index is 0.155. The van der Waals surface area contributed by atoms with Gasteiger partial charge in [-0.2, -0.15) is 0 Å². The molecule has 1 heterocycles. The van der Waals surface area contributed by atoms with E-state index in [0.29, 0.717) is 17.8 Å². The molecule has 1 aliphatic carbocycles. The predicted octanol–water partition coefficient (Wildman–Crippen LogP) is 2.26. The van der Waals surface area contributed by atoms with Crippen molar-refractivity contribution in [2.45, 2.75) is 49.3 Å². The van der Waals surface area contributed by atoms with Crippen molar-refractivity contribution in [3.63, 3.8) is 0 Å². The molecule has 0 unspecified atom stereocenters. The van der Waals surface area contributed by atoms with E-state index >= 15 is 0 Å². The molecular formula is C11H15NO4S2. The van der Waals surface area contributed by atoms with Crippen molar-refractivity contribution in [3.8, 4) is 0 Å². The number of carboxylic acids is 1. The summed E-state index contributed by atoms with van der Waals surface area (Å²) in [7, 11) is -3.60. The second-order valence-electron chi connectivity index (χ2n) is 4.48. The summed E-state index contributed by atoms with van der Waals surface area (Å²) in [5.74, 6) is -1.21. The third kappa shape index (κ3) is 2.42. The summed E-state index contributed by atoms with van der Waals surface area (Å²) in [5, 5.41) is 8.82. The average molecular weight is 289 g/mol. The van der Waals surface area contributed by atoms with Gasteiger partial charge in [0, 0.05) is 0 Å². The summed E-state index contributed by atoms with van der Waals surface area (Å²) >= 11 is 0.924. The second kappa shape index (κ2) is 4.97. The number of carboxylic acid groups (broad SMARTS) is 1. The number of hydrogen-bond acceptors (Lipinski definition) is 5. The van der Waals surface area contributed by atoms with Crippen LogP contribution in [0.4, 0.5) is 0 Å². The Bertz CT molecular complexity index is 556. The third-order valence-corrected chi connectivity index (χ3v) is 6.43. The largest absolute Gasteiger partial charge is 0.477 e. The van der Waals surface area contributed by atoms with Gasteiger partial charge in [-0.05, 0) is 19.8 Å². The number of carbonyl (C=O) groups is 1. The highest BCUT2D eigenvalue weighted by molar-refractivity contribution is 7.92. The molecule has 7 heteroatoms. The molecule has 0 bridgehead atoms. The molecule has 0 aromatic carbocycles. The molecule has 0 saturated heterocycles. The summed E-state index contributed by atoms with van der Waals surface area (Å²) in [6.45, 7) is 1.62. The normalized spacial score (nSPS) is 17.8. The maximum atomic E-state index is 12.4. The summed E-state index contributed by atoms with van der Waals surface area (Å²) in [6.07, 6.45) is 4.04. The Kier molecular flexibility index (Phi) is 3.72. The van der Waals surface area contributed by atoms with Crippen molar-refractivity contribution < 1.29 is 18.3 Å². The molecule has 5 nitrogen and oxygen atoms in total. The van der Waals surface area contributed by atoms with Crippen LogP contribution in [-0.4, -0.2) is 29.7 Å². The molecule has 1 aromatic heterocycles. The van der Waals surface area contributed by atoms with Gasteiger partial charge in [-0.15, -0.1) is 11.3 Å². The van der Waals surface area contributed by atoms with Gasteiger partial charge in [0.1, 0.15) is 0 Å². The Labute approximate surface area is 110 Å². The predicted molar refractivity (Wildman–Crippen MR) is 67.9 cm³/mol. The summed E-state index contributed by atoms with van der Waals surface area (Å²) in [5.41, 5.74) is 0. The molecule has 1 saturated carbocycles. The van der Waals surface area contributed by atoms with Crippen LogP contribution in [0.2, 0.25) is 0 Å². The first-order valence-corrected chi connectivity index (χ1v) is 8.24. The van der Waals surface area contributed by atoms with Crippen molar-refractivity contribution >= 4 is 27.1 Å². The average Bonchev–Trinajstić information content (AvgIpc) is 2.73. The van der Waals surface area contributed by atoms with E-state index in [1.807, 2.05) is 0 Å². The van der Waals surface area contributed by atoms with Crippen molar-refractivity contribution in [2.24, 2.45) is 0 Å². The summed E-state index contributed by atoms with van der Waals surface area (Å²) in [6, 6.07) is 0. The van der Waals surface area contributed by atoms with Crippen molar-refractivity contribution in [1.82, 2.24) is 4.98 Å². The first-order chi connectivity index (χ1) is 8.43. The lowest BCUT2D eigenvalue weighted by molar-refractivity contribution is 0.0697. The smallest absolute Gasteiger partial charge is 0.348 e. The van der Waals surface area contributed by atoms with Gasteiger partial charge in [0.15, 0.2) is 19.7 Å². The van der Waals surface area contributed by atoms with Crippen LogP contribution in [-0.2, 0) is 9.84 Å². The number of thiazole rings is 1. The van der Waals surface area contributed by atoms with E-state index in [-0.39, 0.29) is 9.90 Å². The summed E-state index contributed by atoms with van der Waals surface area (Å²) < 4.78 is 24.8. The van der Waals surface area contributed by atoms with Crippen molar-refractivity contribution in [2.75, 3.05) is 0 Å². The van der Waals surface area contributed by atoms with Crippen LogP contribution >= 0.6 is 11.3 Å². The second-order valence-corrected chi connectivity index (χ2v) is 7.82. The Morgan fingerprint density at radius 3 is 2.50 bits per heavy atom. The van der Waals surface area contributed by atoms with E-state index in [2.05, 4.69) is 4.98 Å². The van der Waals surface area contributed by atoms with Crippen LogP contribution in [0.1, 0.15) is 46.8 Å². The minimum Gasteiger partial charge on any atom is -0.477 e. The van der Waals surface area contributed by atoms with Crippen LogP contribution in [0, 0.1) is 6.92 Å². The maximum absolute atomic E-state index is 12.4. The standard InChI is InChI=1S/C11H15NO4S2/c1-7-12-10(9(17-7)11(13)14)18(15,16)8-5-3-2-4-6-8/h8H,2-6H2,1H3,(H,13,14). The van der Waals surface area contributed by atoms with Gasteiger partial charge in [-0.3, -0.25) is 0 Å². The van der Waals surface area contributed by atoms with Crippen molar-refractivity contribution in [3.05, 3.63) is 9.88 Å². The number of nitrogens with zero attached hydrogens (tertiary/aromatic N) is 1.